The molecule has 2 N–H and O–H groups in total. The monoisotopic (exact) mass is 243 g/mol. The van der Waals surface area contributed by atoms with Gasteiger partial charge in [-0.2, -0.15) is 0 Å². The molecule has 2 aromatic rings. The Balaban J connectivity index is 1.93. The Morgan fingerprint density at radius 3 is 2.72 bits per heavy atom. The van der Waals surface area contributed by atoms with Gasteiger partial charge in [0, 0.05) is 31.5 Å². The maximum atomic E-state index is 4.18. The van der Waals surface area contributed by atoms with Gasteiger partial charge in [0.05, 0.1) is 0 Å². The van der Waals surface area contributed by atoms with Crippen LogP contribution in [-0.2, 0) is 6.54 Å². The molecule has 0 bridgehead atoms. The zero-order chi connectivity index (χ0) is 12.6. The van der Waals surface area contributed by atoms with Crippen molar-refractivity contribution >= 4 is 11.6 Å². The van der Waals surface area contributed by atoms with Crippen molar-refractivity contribution in [3.63, 3.8) is 0 Å². The molecule has 0 aliphatic carbocycles. The smallest absolute Gasteiger partial charge is 0.131 e. The van der Waals surface area contributed by atoms with Gasteiger partial charge < -0.3 is 10.6 Å². The summed E-state index contributed by atoms with van der Waals surface area (Å²) in [6.45, 7) is 3.74. The zero-order valence-corrected chi connectivity index (χ0v) is 10.4. The fourth-order valence-electron chi connectivity index (χ4n) is 1.50. The summed E-state index contributed by atoms with van der Waals surface area (Å²) in [4.78, 5) is 12.4. The lowest BCUT2D eigenvalue weighted by molar-refractivity contribution is 0.963. The molecule has 0 aliphatic heterocycles. The average Bonchev–Trinajstić information content (AvgIpc) is 2.44. The third-order valence-electron chi connectivity index (χ3n) is 2.42. The molecule has 0 amide bonds. The molecule has 0 unspecified atom stereocenters. The number of aromatic nitrogens is 3. The topological polar surface area (TPSA) is 62.7 Å². The minimum atomic E-state index is 0.706. The Labute approximate surface area is 107 Å². The van der Waals surface area contributed by atoms with E-state index in [1.807, 2.05) is 24.4 Å². The fraction of sp³-hybridized carbons (Fsp3) is 0.308. The molecule has 0 atom stereocenters. The molecule has 94 valence electrons. The van der Waals surface area contributed by atoms with Crippen LogP contribution in [0.4, 0.5) is 11.6 Å². The van der Waals surface area contributed by atoms with E-state index >= 15 is 0 Å². The number of nitrogens with one attached hydrogen (secondary N) is 2. The standard InChI is InChI=1S/C13H17N5/c1-2-5-15-12-7-13(18-10-17-12)16-9-11-4-3-6-14-8-11/h3-4,6-8,10H,2,5,9H2,1H3,(H2,15,16,17,18). The molecule has 2 heterocycles. The van der Waals surface area contributed by atoms with Crippen LogP contribution >= 0.6 is 0 Å². The molecule has 0 radical (unpaired) electrons. The highest BCUT2D eigenvalue weighted by atomic mass is 15.1. The Bertz CT molecular complexity index is 472. The molecular formula is C13H17N5. The summed E-state index contributed by atoms with van der Waals surface area (Å²) in [7, 11) is 0. The van der Waals surface area contributed by atoms with E-state index in [1.54, 1.807) is 12.5 Å². The number of pyridine rings is 1. The molecule has 0 saturated carbocycles. The maximum Gasteiger partial charge on any atom is 0.131 e. The van der Waals surface area contributed by atoms with Crippen molar-refractivity contribution in [2.24, 2.45) is 0 Å². The van der Waals surface area contributed by atoms with E-state index < -0.39 is 0 Å². The first-order valence-electron chi connectivity index (χ1n) is 6.07. The summed E-state index contributed by atoms with van der Waals surface area (Å²) in [5.74, 6) is 1.66. The number of rotatable bonds is 6. The first-order valence-corrected chi connectivity index (χ1v) is 6.07. The first-order chi connectivity index (χ1) is 8.88. The molecule has 5 heteroatoms. The van der Waals surface area contributed by atoms with Gasteiger partial charge in [-0.15, -0.1) is 0 Å². The summed E-state index contributed by atoms with van der Waals surface area (Å²) in [6, 6.07) is 5.86. The van der Waals surface area contributed by atoms with Crippen LogP contribution in [0.3, 0.4) is 0 Å². The van der Waals surface area contributed by atoms with Gasteiger partial charge in [0.15, 0.2) is 0 Å². The quantitative estimate of drug-likeness (QED) is 0.815. The second-order valence-corrected chi connectivity index (χ2v) is 3.93. The molecule has 0 aromatic carbocycles. The van der Waals surface area contributed by atoms with Crippen LogP contribution in [0.2, 0.25) is 0 Å². The van der Waals surface area contributed by atoms with Crippen LogP contribution in [0, 0.1) is 0 Å². The Morgan fingerprint density at radius 2 is 2.00 bits per heavy atom. The average molecular weight is 243 g/mol. The molecule has 2 rings (SSSR count). The summed E-state index contributed by atoms with van der Waals surface area (Å²) >= 11 is 0. The predicted molar refractivity (Wildman–Crippen MR) is 72.4 cm³/mol. The summed E-state index contributed by atoms with van der Waals surface area (Å²) < 4.78 is 0. The fourth-order valence-corrected chi connectivity index (χ4v) is 1.50. The van der Waals surface area contributed by atoms with E-state index in [9.17, 15) is 0 Å². The van der Waals surface area contributed by atoms with Gasteiger partial charge in [-0.05, 0) is 18.1 Å². The van der Waals surface area contributed by atoms with Crippen LogP contribution in [0.1, 0.15) is 18.9 Å². The van der Waals surface area contributed by atoms with Gasteiger partial charge in [0.1, 0.15) is 18.0 Å². The minimum Gasteiger partial charge on any atom is -0.370 e. The van der Waals surface area contributed by atoms with Crippen LogP contribution < -0.4 is 10.6 Å². The second kappa shape index (κ2) is 6.54. The van der Waals surface area contributed by atoms with Crippen LogP contribution in [0.15, 0.2) is 36.9 Å². The van der Waals surface area contributed by atoms with Gasteiger partial charge in [-0.3, -0.25) is 4.98 Å². The highest BCUT2D eigenvalue weighted by Crippen LogP contribution is 2.09. The second-order valence-electron chi connectivity index (χ2n) is 3.93. The van der Waals surface area contributed by atoms with Gasteiger partial charge in [-0.1, -0.05) is 13.0 Å². The number of hydrogen-bond donors (Lipinski definition) is 2. The molecule has 0 aliphatic rings. The summed E-state index contributed by atoms with van der Waals surface area (Å²) in [5, 5.41) is 6.48. The lowest BCUT2D eigenvalue weighted by Crippen LogP contribution is -2.05. The maximum absolute atomic E-state index is 4.18. The SMILES string of the molecule is CCCNc1cc(NCc2cccnc2)ncn1. The highest BCUT2D eigenvalue weighted by molar-refractivity contribution is 5.46. The van der Waals surface area contributed by atoms with Crippen molar-refractivity contribution in [3.8, 4) is 0 Å². The third kappa shape index (κ3) is 3.69. The number of anilines is 2. The molecule has 0 spiro atoms. The third-order valence-corrected chi connectivity index (χ3v) is 2.42. The lowest BCUT2D eigenvalue weighted by atomic mass is 10.3. The molecule has 0 fully saturated rings. The number of nitrogens with zero attached hydrogens (tertiary/aromatic N) is 3. The lowest BCUT2D eigenvalue weighted by Gasteiger charge is -2.07. The minimum absolute atomic E-state index is 0.706. The molecular weight excluding hydrogens is 226 g/mol. The van der Waals surface area contributed by atoms with Gasteiger partial charge in [0.25, 0.3) is 0 Å². The van der Waals surface area contributed by atoms with Crippen molar-refractivity contribution in [3.05, 3.63) is 42.5 Å². The van der Waals surface area contributed by atoms with Crippen LogP contribution in [0.25, 0.3) is 0 Å². The summed E-state index contributed by atoms with van der Waals surface area (Å²) in [5.41, 5.74) is 1.12. The summed E-state index contributed by atoms with van der Waals surface area (Å²) in [6.07, 6.45) is 6.23. The van der Waals surface area contributed by atoms with Gasteiger partial charge in [-0.25, -0.2) is 9.97 Å². The van der Waals surface area contributed by atoms with Crippen molar-refractivity contribution < 1.29 is 0 Å². The van der Waals surface area contributed by atoms with Gasteiger partial charge in [0.2, 0.25) is 0 Å². The molecule has 18 heavy (non-hydrogen) atoms. The van der Waals surface area contributed by atoms with Crippen molar-refractivity contribution in [2.45, 2.75) is 19.9 Å². The Kier molecular flexibility index (Phi) is 4.46. The van der Waals surface area contributed by atoms with E-state index in [0.717, 1.165) is 30.2 Å². The van der Waals surface area contributed by atoms with E-state index in [2.05, 4.69) is 32.5 Å². The normalized spacial score (nSPS) is 10.1. The first kappa shape index (κ1) is 12.3. The van der Waals surface area contributed by atoms with Crippen LogP contribution in [-0.4, -0.2) is 21.5 Å². The van der Waals surface area contributed by atoms with Gasteiger partial charge >= 0.3 is 0 Å². The van der Waals surface area contributed by atoms with E-state index in [4.69, 9.17) is 0 Å². The van der Waals surface area contributed by atoms with E-state index in [1.165, 1.54) is 0 Å². The van der Waals surface area contributed by atoms with Crippen LogP contribution in [0.5, 0.6) is 0 Å². The molecule has 0 saturated heterocycles. The van der Waals surface area contributed by atoms with Crippen molar-refractivity contribution in [1.82, 2.24) is 15.0 Å². The van der Waals surface area contributed by atoms with E-state index in [0.29, 0.717) is 6.54 Å². The highest BCUT2D eigenvalue weighted by Gasteiger charge is 1.98. The number of hydrogen-bond acceptors (Lipinski definition) is 5. The Morgan fingerprint density at radius 1 is 1.17 bits per heavy atom. The predicted octanol–water partition coefficient (Wildman–Crippen LogP) is 2.31. The van der Waals surface area contributed by atoms with E-state index in [-0.39, 0.29) is 0 Å². The Hall–Kier alpha value is -2.17. The molecule has 5 nitrogen and oxygen atoms in total. The zero-order valence-electron chi connectivity index (χ0n) is 10.4. The van der Waals surface area contributed by atoms with Crippen molar-refractivity contribution in [2.75, 3.05) is 17.2 Å². The van der Waals surface area contributed by atoms with Crippen molar-refractivity contribution in [1.29, 1.82) is 0 Å². The largest absolute Gasteiger partial charge is 0.370 e. The molecule has 2 aromatic heterocycles.